The third-order valence-corrected chi connectivity index (χ3v) is 4.21. The fourth-order valence-electron chi connectivity index (χ4n) is 1.90. The summed E-state index contributed by atoms with van der Waals surface area (Å²) >= 11 is 5.78. The Morgan fingerprint density at radius 2 is 1.77 bits per heavy atom. The number of rotatable bonds is 4. The van der Waals surface area contributed by atoms with Crippen LogP contribution < -0.4 is 14.2 Å². The molecule has 1 aliphatic heterocycles. The number of anilines is 1. The number of benzene rings is 2. The van der Waals surface area contributed by atoms with Gasteiger partial charge in [-0.05, 0) is 35.9 Å². The van der Waals surface area contributed by atoms with E-state index >= 15 is 0 Å². The number of hydrogen-bond acceptors (Lipinski definition) is 4. The van der Waals surface area contributed by atoms with Crippen LogP contribution in [-0.2, 0) is 10.0 Å². The summed E-state index contributed by atoms with van der Waals surface area (Å²) in [4.78, 5) is 0. The highest BCUT2D eigenvalue weighted by Gasteiger charge is 2.15. The van der Waals surface area contributed by atoms with E-state index < -0.39 is 10.0 Å². The highest BCUT2D eigenvalue weighted by molar-refractivity contribution is 7.95. The Bertz CT molecular complexity index is 816. The number of nitrogens with one attached hydrogen (secondary N) is 1. The molecule has 0 saturated heterocycles. The zero-order chi connectivity index (χ0) is 15.6. The van der Waals surface area contributed by atoms with Gasteiger partial charge in [-0.15, -0.1) is 0 Å². The zero-order valence-electron chi connectivity index (χ0n) is 11.3. The maximum Gasteiger partial charge on any atom is 0.255 e. The molecule has 0 atom stereocenters. The van der Waals surface area contributed by atoms with Crippen LogP contribution >= 0.6 is 11.6 Å². The molecule has 5 nitrogen and oxygen atoms in total. The van der Waals surface area contributed by atoms with Gasteiger partial charge < -0.3 is 9.47 Å². The molecule has 1 N–H and O–H groups in total. The summed E-state index contributed by atoms with van der Waals surface area (Å²) in [5.74, 6) is 1.11. The third-order valence-electron chi connectivity index (χ3n) is 2.94. The zero-order valence-corrected chi connectivity index (χ0v) is 12.9. The van der Waals surface area contributed by atoms with E-state index in [9.17, 15) is 8.42 Å². The molecule has 0 aromatic heterocycles. The lowest BCUT2D eigenvalue weighted by molar-refractivity contribution is 0.174. The predicted molar refractivity (Wildman–Crippen MR) is 85.6 cm³/mol. The minimum atomic E-state index is -3.62. The summed E-state index contributed by atoms with van der Waals surface area (Å²) in [6, 6.07) is 11.7. The first-order valence-electron chi connectivity index (χ1n) is 6.38. The first-order chi connectivity index (χ1) is 10.5. The van der Waals surface area contributed by atoms with Crippen LogP contribution in [0.1, 0.15) is 5.56 Å². The largest absolute Gasteiger partial charge is 0.454 e. The molecule has 0 bridgehead atoms. The third kappa shape index (κ3) is 3.52. The standard InChI is InChI=1S/C15H12ClNO4S/c16-12-3-1-11(2-4-12)7-8-22(18,19)17-13-5-6-14-15(9-13)21-10-20-14/h1-9,17H,10H2. The molecule has 1 heterocycles. The molecule has 0 saturated carbocycles. The van der Waals surface area contributed by atoms with Crippen LogP contribution in [0.2, 0.25) is 5.02 Å². The van der Waals surface area contributed by atoms with Gasteiger partial charge in [0.2, 0.25) is 6.79 Å². The summed E-state index contributed by atoms with van der Waals surface area (Å²) in [5, 5.41) is 1.69. The molecule has 1 aliphatic rings. The fraction of sp³-hybridized carbons (Fsp3) is 0.0667. The predicted octanol–water partition coefficient (Wildman–Crippen LogP) is 3.48. The second-order valence-corrected chi connectivity index (χ2v) is 6.57. The van der Waals surface area contributed by atoms with Crippen LogP contribution in [0, 0.1) is 0 Å². The molecular weight excluding hydrogens is 326 g/mol. The molecule has 3 rings (SSSR count). The van der Waals surface area contributed by atoms with Gasteiger partial charge in [0, 0.05) is 11.1 Å². The fourth-order valence-corrected chi connectivity index (χ4v) is 2.89. The monoisotopic (exact) mass is 337 g/mol. The summed E-state index contributed by atoms with van der Waals surface area (Å²) in [7, 11) is -3.62. The second kappa shape index (κ2) is 5.90. The van der Waals surface area contributed by atoms with Gasteiger partial charge in [-0.2, -0.15) is 0 Å². The van der Waals surface area contributed by atoms with E-state index in [0.29, 0.717) is 22.2 Å². The van der Waals surface area contributed by atoms with E-state index in [-0.39, 0.29) is 6.79 Å². The van der Waals surface area contributed by atoms with Gasteiger partial charge >= 0.3 is 0 Å². The number of ether oxygens (including phenoxy) is 2. The average Bonchev–Trinajstić information content (AvgIpc) is 2.94. The van der Waals surface area contributed by atoms with Gasteiger partial charge in [-0.3, -0.25) is 4.72 Å². The van der Waals surface area contributed by atoms with E-state index in [0.717, 1.165) is 11.0 Å². The van der Waals surface area contributed by atoms with Crippen molar-refractivity contribution in [1.29, 1.82) is 0 Å². The van der Waals surface area contributed by atoms with Crippen LogP contribution in [0.25, 0.3) is 6.08 Å². The normalized spacial score (nSPS) is 13.5. The average molecular weight is 338 g/mol. The lowest BCUT2D eigenvalue weighted by Gasteiger charge is -2.05. The molecule has 2 aromatic carbocycles. The number of fused-ring (bicyclic) bond motifs is 1. The van der Waals surface area contributed by atoms with E-state index in [1.165, 1.54) is 6.08 Å². The SMILES string of the molecule is O=S(=O)(C=Cc1ccc(Cl)cc1)Nc1ccc2c(c1)OCO2. The summed E-state index contributed by atoms with van der Waals surface area (Å²) in [5.41, 5.74) is 1.14. The molecular formula is C15H12ClNO4S. The molecule has 2 aromatic rings. The molecule has 114 valence electrons. The van der Waals surface area contributed by atoms with Crippen molar-refractivity contribution in [3.63, 3.8) is 0 Å². The molecule has 0 unspecified atom stereocenters. The number of halogens is 1. The van der Waals surface area contributed by atoms with Crippen LogP contribution in [0.3, 0.4) is 0 Å². The van der Waals surface area contributed by atoms with Crippen LogP contribution in [-0.4, -0.2) is 15.2 Å². The summed E-state index contributed by atoms with van der Waals surface area (Å²) in [6.07, 6.45) is 1.49. The van der Waals surface area contributed by atoms with Gasteiger partial charge in [-0.1, -0.05) is 23.7 Å². The quantitative estimate of drug-likeness (QED) is 0.927. The van der Waals surface area contributed by atoms with Crippen LogP contribution in [0.15, 0.2) is 47.9 Å². The minimum Gasteiger partial charge on any atom is -0.454 e. The van der Waals surface area contributed by atoms with Gasteiger partial charge in [0.1, 0.15) is 0 Å². The smallest absolute Gasteiger partial charge is 0.255 e. The minimum absolute atomic E-state index is 0.141. The lowest BCUT2D eigenvalue weighted by Crippen LogP contribution is -2.08. The second-order valence-electron chi connectivity index (χ2n) is 4.57. The van der Waals surface area contributed by atoms with Crippen molar-refractivity contribution in [2.45, 2.75) is 0 Å². The Morgan fingerprint density at radius 3 is 2.55 bits per heavy atom. The molecule has 0 aliphatic carbocycles. The van der Waals surface area contributed by atoms with Crippen molar-refractivity contribution >= 4 is 33.4 Å². The Morgan fingerprint density at radius 1 is 1.05 bits per heavy atom. The molecule has 7 heteroatoms. The Labute approximate surface area is 133 Å². The maximum absolute atomic E-state index is 12.0. The topological polar surface area (TPSA) is 64.6 Å². The van der Waals surface area contributed by atoms with Crippen molar-refractivity contribution in [3.8, 4) is 11.5 Å². The molecule has 0 radical (unpaired) electrons. The lowest BCUT2D eigenvalue weighted by atomic mass is 10.2. The van der Waals surface area contributed by atoms with Crippen LogP contribution in [0.4, 0.5) is 5.69 Å². The van der Waals surface area contributed by atoms with Gasteiger partial charge in [0.05, 0.1) is 11.1 Å². The first kappa shape index (κ1) is 14.7. The highest BCUT2D eigenvalue weighted by Crippen LogP contribution is 2.34. The van der Waals surface area contributed by atoms with Gasteiger partial charge in [0.25, 0.3) is 10.0 Å². The Hall–Kier alpha value is -2.18. The van der Waals surface area contributed by atoms with Gasteiger partial charge in [0.15, 0.2) is 11.5 Å². The number of sulfonamides is 1. The Balaban J connectivity index is 1.74. The van der Waals surface area contributed by atoms with Gasteiger partial charge in [-0.25, -0.2) is 8.42 Å². The van der Waals surface area contributed by atoms with E-state index in [1.54, 1.807) is 42.5 Å². The molecule has 0 amide bonds. The van der Waals surface area contributed by atoms with E-state index in [1.807, 2.05) is 0 Å². The molecule has 0 spiro atoms. The first-order valence-corrected chi connectivity index (χ1v) is 8.30. The van der Waals surface area contributed by atoms with E-state index in [2.05, 4.69) is 4.72 Å². The van der Waals surface area contributed by atoms with Crippen LogP contribution in [0.5, 0.6) is 11.5 Å². The molecule has 22 heavy (non-hydrogen) atoms. The van der Waals surface area contributed by atoms with E-state index in [4.69, 9.17) is 21.1 Å². The summed E-state index contributed by atoms with van der Waals surface area (Å²) in [6.45, 7) is 0.141. The van der Waals surface area contributed by atoms with Crippen molar-refractivity contribution in [2.24, 2.45) is 0 Å². The summed E-state index contributed by atoms with van der Waals surface area (Å²) < 4.78 is 36.9. The van der Waals surface area contributed by atoms with Crippen molar-refractivity contribution in [2.75, 3.05) is 11.5 Å². The highest BCUT2D eigenvalue weighted by atomic mass is 35.5. The molecule has 0 fully saturated rings. The van der Waals surface area contributed by atoms with Crippen molar-refractivity contribution in [3.05, 3.63) is 58.5 Å². The maximum atomic E-state index is 12.0. The van der Waals surface area contributed by atoms with Crippen molar-refractivity contribution in [1.82, 2.24) is 0 Å². The Kier molecular flexibility index (Phi) is 3.96. The van der Waals surface area contributed by atoms with Crippen molar-refractivity contribution < 1.29 is 17.9 Å². The number of hydrogen-bond donors (Lipinski definition) is 1.